The van der Waals surface area contributed by atoms with Gasteiger partial charge in [0.15, 0.2) is 0 Å². The van der Waals surface area contributed by atoms with Gasteiger partial charge < -0.3 is 5.73 Å². The van der Waals surface area contributed by atoms with Crippen LogP contribution in [0.15, 0.2) is 30.5 Å². The summed E-state index contributed by atoms with van der Waals surface area (Å²) in [6.45, 7) is 2.10. The number of aromatic nitrogens is 1. The van der Waals surface area contributed by atoms with Crippen molar-refractivity contribution in [1.82, 2.24) is 4.98 Å². The van der Waals surface area contributed by atoms with Crippen LogP contribution in [0.4, 0.5) is 4.39 Å². The SMILES string of the molecule is C[C@@H](N)[C@H]1CC[C@H](c2ccnc3ccc(F)cc32)CC1. The molecule has 106 valence electrons. The fraction of sp³-hybridized carbons (Fsp3) is 0.471. The van der Waals surface area contributed by atoms with Gasteiger partial charge in [0.2, 0.25) is 0 Å². The van der Waals surface area contributed by atoms with Crippen molar-refractivity contribution in [2.24, 2.45) is 11.7 Å². The first-order valence-corrected chi connectivity index (χ1v) is 7.45. The van der Waals surface area contributed by atoms with Crippen LogP contribution < -0.4 is 5.73 Å². The number of hydrogen-bond donors (Lipinski definition) is 1. The van der Waals surface area contributed by atoms with Crippen LogP contribution in [0.5, 0.6) is 0 Å². The van der Waals surface area contributed by atoms with E-state index in [1.165, 1.54) is 24.5 Å². The number of benzene rings is 1. The Morgan fingerprint density at radius 3 is 2.65 bits per heavy atom. The molecule has 2 nitrogen and oxygen atoms in total. The van der Waals surface area contributed by atoms with E-state index in [-0.39, 0.29) is 11.9 Å². The summed E-state index contributed by atoms with van der Waals surface area (Å²) in [6.07, 6.45) is 6.46. The molecule has 20 heavy (non-hydrogen) atoms. The Balaban J connectivity index is 1.90. The number of hydrogen-bond acceptors (Lipinski definition) is 2. The fourth-order valence-corrected chi connectivity index (χ4v) is 3.45. The Kier molecular flexibility index (Phi) is 3.70. The Morgan fingerprint density at radius 1 is 1.20 bits per heavy atom. The summed E-state index contributed by atoms with van der Waals surface area (Å²) in [5.74, 6) is 0.962. The van der Waals surface area contributed by atoms with E-state index in [4.69, 9.17) is 5.73 Å². The number of rotatable bonds is 2. The Morgan fingerprint density at radius 2 is 1.95 bits per heavy atom. The third-order valence-corrected chi connectivity index (χ3v) is 4.69. The zero-order valence-electron chi connectivity index (χ0n) is 11.8. The van der Waals surface area contributed by atoms with Gasteiger partial charge in [0.25, 0.3) is 0 Å². The molecule has 1 saturated carbocycles. The topological polar surface area (TPSA) is 38.9 Å². The maximum atomic E-state index is 13.5. The van der Waals surface area contributed by atoms with Crippen molar-refractivity contribution < 1.29 is 4.39 Å². The third kappa shape index (κ3) is 2.55. The highest BCUT2D eigenvalue weighted by atomic mass is 19.1. The van der Waals surface area contributed by atoms with Gasteiger partial charge in [-0.25, -0.2) is 4.39 Å². The van der Waals surface area contributed by atoms with Gasteiger partial charge in [-0.15, -0.1) is 0 Å². The van der Waals surface area contributed by atoms with Gasteiger partial charge in [0.1, 0.15) is 5.82 Å². The molecule has 0 saturated heterocycles. The predicted octanol–water partition coefficient (Wildman–Crippen LogP) is 3.99. The molecule has 2 N–H and O–H groups in total. The van der Waals surface area contributed by atoms with Crippen molar-refractivity contribution in [1.29, 1.82) is 0 Å². The molecular weight excluding hydrogens is 251 g/mol. The highest BCUT2D eigenvalue weighted by molar-refractivity contribution is 5.82. The first kappa shape index (κ1) is 13.5. The third-order valence-electron chi connectivity index (χ3n) is 4.69. The second-order valence-electron chi connectivity index (χ2n) is 6.03. The van der Waals surface area contributed by atoms with Gasteiger partial charge in [-0.2, -0.15) is 0 Å². The van der Waals surface area contributed by atoms with Gasteiger partial charge in [0, 0.05) is 17.6 Å². The average molecular weight is 272 g/mol. The lowest BCUT2D eigenvalue weighted by Crippen LogP contribution is -2.29. The van der Waals surface area contributed by atoms with E-state index >= 15 is 0 Å². The van der Waals surface area contributed by atoms with E-state index in [2.05, 4.69) is 18.0 Å². The molecular formula is C17H21FN2. The normalized spacial score (nSPS) is 24.8. The second-order valence-corrected chi connectivity index (χ2v) is 6.03. The average Bonchev–Trinajstić information content (AvgIpc) is 2.46. The summed E-state index contributed by atoms with van der Waals surface area (Å²) < 4.78 is 13.5. The van der Waals surface area contributed by atoms with Crippen molar-refractivity contribution in [2.45, 2.75) is 44.6 Å². The summed E-state index contributed by atoms with van der Waals surface area (Å²) in [5.41, 5.74) is 8.14. The lowest BCUT2D eigenvalue weighted by atomic mass is 9.76. The molecule has 1 fully saturated rings. The molecule has 2 aromatic rings. The smallest absolute Gasteiger partial charge is 0.123 e. The van der Waals surface area contributed by atoms with Crippen LogP contribution in [0.2, 0.25) is 0 Å². The fourth-order valence-electron chi connectivity index (χ4n) is 3.45. The molecule has 3 rings (SSSR count). The lowest BCUT2D eigenvalue weighted by molar-refractivity contribution is 0.292. The van der Waals surface area contributed by atoms with Gasteiger partial charge >= 0.3 is 0 Å². The quantitative estimate of drug-likeness (QED) is 0.897. The van der Waals surface area contributed by atoms with E-state index < -0.39 is 0 Å². The molecule has 1 atom stereocenters. The molecule has 0 unspecified atom stereocenters. The van der Waals surface area contributed by atoms with E-state index in [0.717, 1.165) is 23.7 Å². The van der Waals surface area contributed by atoms with Crippen LogP contribution in [0.25, 0.3) is 10.9 Å². The van der Waals surface area contributed by atoms with Crippen LogP contribution >= 0.6 is 0 Å². The first-order chi connectivity index (χ1) is 9.65. The van der Waals surface area contributed by atoms with Crippen LogP contribution in [0, 0.1) is 11.7 Å². The molecule has 0 spiro atoms. The summed E-state index contributed by atoms with van der Waals surface area (Å²) in [6, 6.07) is 7.20. The lowest BCUT2D eigenvalue weighted by Gasteiger charge is -2.31. The molecule has 0 aliphatic heterocycles. The molecule has 1 aromatic carbocycles. The molecule has 0 bridgehead atoms. The molecule has 3 heteroatoms. The Bertz CT molecular complexity index is 601. The minimum Gasteiger partial charge on any atom is -0.328 e. The summed E-state index contributed by atoms with van der Waals surface area (Å²) in [7, 11) is 0. The van der Waals surface area contributed by atoms with Crippen LogP contribution in [-0.4, -0.2) is 11.0 Å². The van der Waals surface area contributed by atoms with E-state index in [9.17, 15) is 4.39 Å². The predicted molar refractivity (Wildman–Crippen MR) is 80.0 cm³/mol. The van der Waals surface area contributed by atoms with Crippen molar-refractivity contribution in [2.75, 3.05) is 0 Å². The van der Waals surface area contributed by atoms with Crippen molar-refractivity contribution in [3.05, 3.63) is 41.8 Å². The van der Waals surface area contributed by atoms with E-state index in [0.29, 0.717) is 11.8 Å². The number of fused-ring (bicyclic) bond motifs is 1. The standard InChI is InChI=1S/C17H21FN2/c1-11(19)12-2-4-13(5-3-12)15-8-9-20-17-7-6-14(18)10-16(15)17/h6-13H,2-5,19H2,1H3/t11-,12-,13-/m1/s1. The van der Waals surface area contributed by atoms with Crippen LogP contribution in [0.1, 0.15) is 44.1 Å². The van der Waals surface area contributed by atoms with Crippen LogP contribution in [0.3, 0.4) is 0 Å². The van der Waals surface area contributed by atoms with Gasteiger partial charge in [-0.3, -0.25) is 4.98 Å². The van der Waals surface area contributed by atoms with Gasteiger partial charge in [-0.05, 0) is 74.3 Å². The van der Waals surface area contributed by atoms with Crippen molar-refractivity contribution in [3.8, 4) is 0 Å². The maximum absolute atomic E-state index is 13.5. The molecule has 0 amide bonds. The first-order valence-electron chi connectivity index (χ1n) is 7.45. The van der Waals surface area contributed by atoms with Crippen LogP contribution in [-0.2, 0) is 0 Å². The molecule has 1 heterocycles. The minimum absolute atomic E-state index is 0.184. The summed E-state index contributed by atoms with van der Waals surface area (Å²) in [4.78, 5) is 4.33. The van der Waals surface area contributed by atoms with Gasteiger partial charge in [-0.1, -0.05) is 0 Å². The largest absolute Gasteiger partial charge is 0.328 e. The summed E-state index contributed by atoms with van der Waals surface area (Å²) in [5, 5.41) is 0.969. The summed E-state index contributed by atoms with van der Waals surface area (Å²) >= 11 is 0. The highest BCUT2D eigenvalue weighted by Crippen LogP contribution is 2.39. The molecule has 1 aliphatic rings. The van der Waals surface area contributed by atoms with E-state index in [1.54, 1.807) is 12.1 Å². The zero-order chi connectivity index (χ0) is 14.1. The molecule has 1 aliphatic carbocycles. The maximum Gasteiger partial charge on any atom is 0.123 e. The second kappa shape index (κ2) is 5.49. The zero-order valence-corrected chi connectivity index (χ0v) is 11.8. The highest BCUT2D eigenvalue weighted by Gasteiger charge is 2.25. The molecule has 0 radical (unpaired) electrons. The number of halogens is 1. The van der Waals surface area contributed by atoms with Gasteiger partial charge in [0.05, 0.1) is 5.52 Å². The van der Waals surface area contributed by atoms with Crippen molar-refractivity contribution in [3.63, 3.8) is 0 Å². The monoisotopic (exact) mass is 272 g/mol. The Labute approximate surface area is 119 Å². The minimum atomic E-state index is -0.184. The number of nitrogens with two attached hydrogens (primary N) is 1. The van der Waals surface area contributed by atoms with Crippen molar-refractivity contribution >= 4 is 10.9 Å². The number of pyridine rings is 1. The van der Waals surface area contributed by atoms with E-state index in [1.807, 2.05) is 6.20 Å². The molecule has 1 aromatic heterocycles. The Hall–Kier alpha value is -1.48. The number of nitrogens with zero attached hydrogens (tertiary/aromatic N) is 1.